The molecule has 140 valence electrons. The standard InChI is InChI=1S/C23H22N4O/c1-15(17-6-4-8-20(13-17)28-3)25-23-14-22(26-16(2)27-23)19-9-10-21-18(12-19)7-5-11-24-21/h4-15H,1-3H3,(H,25,26,27). The Morgan fingerprint density at radius 3 is 2.71 bits per heavy atom. The molecule has 0 spiro atoms. The van der Waals surface area contributed by atoms with E-state index < -0.39 is 0 Å². The molecular formula is C23H22N4O. The Bertz CT molecular complexity index is 1130. The van der Waals surface area contributed by atoms with Crippen LogP contribution in [0, 0.1) is 6.92 Å². The molecular weight excluding hydrogens is 348 g/mol. The van der Waals surface area contributed by atoms with E-state index in [1.807, 2.05) is 49.4 Å². The van der Waals surface area contributed by atoms with Crippen LogP contribution >= 0.6 is 0 Å². The third-order valence-corrected chi connectivity index (χ3v) is 4.69. The summed E-state index contributed by atoms with van der Waals surface area (Å²) >= 11 is 0. The number of anilines is 1. The van der Waals surface area contributed by atoms with Gasteiger partial charge in [-0.25, -0.2) is 9.97 Å². The fraction of sp³-hybridized carbons (Fsp3) is 0.174. The predicted molar refractivity (Wildman–Crippen MR) is 113 cm³/mol. The minimum Gasteiger partial charge on any atom is -0.497 e. The zero-order chi connectivity index (χ0) is 19.5. The first-order valence-corrected chi connectivity index (χ1v) is 9.24. The summed E-state index contributed by atoms with van der Waals surface area (Å²) in [4.78, 5) is 13.6. The Morgan fingerprint density at radius 1 is 0.964 bits per heavy atom. The Balaban J connectivity index is 1.64. The maximum atomic E-state index is 5.33. The third kappa shape index (κ3) is 3.78. The highest BCUT2D eigenvalue weighted by atomic mass is 16.5. The molecule has 0 aliphatic rings. The van der Waals surface area contributed by atoms with Gasteiger partial charge >= 0.3 is 0 Å². The van der Waals surface area contributed by atoms with Gasteiger partial charge in [0, 0.05) is 23.2 Å². The summed E-state index contributed by atoms with van der Waals surface area (Å²) in [5, 5.41) is 4.57. The van der Waals surface area contributed by atoms with Crippen molar-refractivity contribution in [2.45, 2.75) is 19.9 Å². The van der Waals surface area contributed by atoms with E-state index >= 15 is 0 Å². The summed E-state index contributed by atoms with van der Waals surface area (Å²) in [5.41, 5.74) is 4.04. The van der Waals surface area contributed by atoms with Crippen LogP contribution in [0.15, 0.2) is 66.9 Å². The zero-order valence-corrected chi connectivity index (χ0v) is 16.2. The predicted octanol–water partition coefficient (Wildman–Crippen LogP) is 5.18. The van der Waals surface area contributed by atoms with Crippen LogP contribution in [-0.2, 0) is 0 Å². The molecule has 2 heterocycles. The molecule has 2 aromatic carbocycles. The van der Waals surface area contributed by atoms with Gasteiger partial charge in [-0.1, -0.05) is 24.3 Å². The van der Waals surface area contributed by atoms with Gasteiger partial charge in [0.2, 0.25) is 0 Å². The molecule has 0 fully saturated rings. The van der Waals surface area contributed by atoms with Crippen molar-refractivity contribution in [2.75, 3.05) is 12.4 Å². The zero-order valence-electron chi connectivity index (χ0n) is 16.2. The van der Waals surface area contributed by atoms with Crippen LogP contribution in [0.2, 0.25) is 0 Å². The fourth-order valence-electron chi connectivity index (χ4n) is 3.24. The van der Waals surface area contributed by atoms with Crippen LogP contribution in [0.3, 0.4) is 0 Å². The number of pyridine rings is 1. The maximum absolute atomic E-state index is 5.33. The lowest BCUT2D eigenvalue weighted by Gasteiger charge is -2.17. The van der Waals surface area contributed by atoms with Crippen molar-refractivity contribution >= 4 is 16.7 Å². The Morgan fingerprint density at radius 2 is 1.86 bits per heavy atom. The average Bonchev–Trinajstić information content (AvgIpc) is 2.73. The van der Waals surface area contributed by atoms with E-state index in [4.69, 9.17) is 4.74 Å². The van der Waals surface area contributed by atoms with Gasteiger partial charge in [-0.05, 0) is 49.7 Å². The molecule has 0 amide bonds. The van der Waals surface area contributed by atoms with Crippen molar-refractivity contribution in [1.29, 1.82) is 0 Å². The van der Waals surface area contributed by atoms with Gasteiger partial charge < -0.3 is 10.1 Å². The largest absolute Gasteiger partial charge is 0.497 e. The number of nitrogens with zero attached hydrogens (tertiary/aromatic N) is 3. The van der Waals surface area contributed by atoms with Gasteiger partial charge in [-0.15, -0.1) is 0 Å². The maximum Gasteiger partial charge on any atom is 0.130 e. The lowest BCUT2D eigenvalue weighted by Crippen LogP contribution is -2.09. The smallest absolute Gasteiger partial charge is 0.130 e. The number of ether oxygens (including phenoxy) is 1. The highest BCUT2D eigenvalue weighted by Gasteiger charge is 2.10. The Labute approximate surface area is 164 Å². The summed E-state index contributed by atoms with van der Waals surface area (Å²) in [6.07, 6.45) is 1.80. The van der Waals surface area contributed by atoms with E-state index in [-0.39, 0.29) is 6.04 Å². The second kappa shape index (κ2) is 7.64. The first-order chi connectivity index (χ1) is 13.6. The van der Waals surface area contributed by atoms with Crippen molar-refractivity contribution in [3.05, 3.63) is 78.2 Å². The van der Waals surface area contributed by atoms with Crippen LogP contribution in [0.4, 0.5) is 5.82 Å². The number of methoxy groups -OCH3 is 1. The molecule has 4 aromatic rings. The average molecular weight is 370 g/mol. The van der Waals surface area contributed by atoms with Crippen molar-refractivity contribution in [2.24, 2.45) is 0 Å². The van der Waals surface area contributed by atoms with Crippen molar-refractivity contribution in [1.82, 2.24) is 15.0 Å². The van der Waals surface area contributed by atoms with Crippen LogP contribution < -0.4 is 10.1 Å². The molecule has 0 bridgehead atoms. The number of nitrogens with one attached hydrogen (secondary N) is 1. The Kier molecular flexibility index (Phi) is 4.89. The van der Waals surface area contributed by atoms with E-state index in [0.29, 0.717) is 0 Å². The quantitative estimate of drug-likeness (QED) is 0.524. The summed E-state index contributed by atoms with van der Waals surface area (Å²) in [7, 11) is 1.68. The molecule has 1 atom stereocenters. The van der Waals surface area contributed by atoms with E-state index in [1.54, 1.807) is 13.3 Å². The van der Waals surface area contributed by atoms with E-state index in [1.165, 1.54) is 0 Å². The molecule has 0 saturated carbocycles. The number of aromatic nitrogens is 3. The van der Waals surface area contributed by atoms with Gasteiger partial charge in [-0.2, -0.15) is 0 Å². The van der Waals surface area contributed by atoms with Crippen LogP contribution in [0.5, 0.6) is 5.75 Å². The second-order valence-electron chi connectivity index (χ2n) is 6.74. The summed E-state index contributed by atoms with van der Waals surface area (Å²) < 4.78 is 5.33. The summed E-state index contributed by atoms with van der Waals surface area (Å²) in [5.74, 6) is 2.36. The molecule has 5 nitrogen and oxygen atoms in total. The fourth-order valence-corrected chi connectivity index (χ4v) is 3.24. The van der Waals surface area contributed by atoms with E-state index in [2.05, 4.69) is 45.4 Å². The van der Waals surface area contributed by atoms with Crippen LogP contribution in [-0.4, -0.2) is 22.1 Å². The highest BCUT2D eigenvalue weighted by Crippen LogP contribution is 2.26. The van der Waals surface area contributed by atoms with Gasteiger partial charge in [0.1, 0.15) is 17.4 Å². The normalized spacial score (nSPS) is 12.0. The first-order valence-electron chi connectivity index (χ1n) is 9.24. The first kappa shape index (κ1) is 17.9. The number of rotatable bonds is 5. The number of aryl methyl sites for hydroxylation is 1. The molecule has 28 heavy (non-hydrogen) atoms. The molecule has 0 radical (unpaired) electrons. The van der Waals surface area contributed by atoms with Gasteiger partial charge in [0.25, 0.3) is 0 Å². The van der Waals surface area contributed by atoms with Gasteiger partial charge in [0.05, 0.1) is 24.4 Å². The third-order valence-electron chi connectivity index (χ3n) is 4.69. The van der Waals surface area contributed by atoms with Crippen molar-refractivity contribution in [3.8, 4) is 17.0 Å². The second-order valence-corrected chi connectivity index (χ2v) is 6.74. The summed E-state index contributed by atoms with van der Waals surface area (Å²) in [6.45, 7) is 4.01. The molecule has 1 N–H and O–H groups in total. The topological polar surface area (TPSA) is 59.9 Å². The Hall–Kier alpha value is -3.47. The van der Waals surface area contributed by atoms with E-state index in [0.717, 1.165) is 45.1 Å². The van der Waals surface area contributed by atoms with Gasteiger partial charge in [-0.3, -0.25) is 4.98 Å². The number of fused-ring (bicyclic) bond motifs is 1. The van der Waals surface area contributed by atoms with E-state index in [9.17, 15) is 0 Å². The monoisotopic (exact) mass is 370 g/mol. The molecule has 0 aliphatic carbocycles. The lowest BCUT2D eigenvalue weighted by atomic mass is 10.1. The SMILES string of the molecule is COc1cccc(C(C)Nc2cc(-c3ccc4ncccc4c3)nc(C)n2)c1. The van der Waals surface area contributed by atoms with Crippen molar-refractivity contribution < 1.29 is 4.74 Å². The minimum absolute atomic E-state index is 0.0815. The molecule has 5 heteroatoms. The van der Waals surface area contributed by atoms with Gasteiger partial charge in [0.15, 0.2) is 0 Å². The molecule has 4 rings (SSSR count). The lowest BCUT2D eigenvalue weighted by molar-refractivity contribution is 0.414. The molecule has 0 aliphatic heterocycles. The minimum atomic E-state index is 0.0815. The summed E-state index contributed by atoms with van der Waals surface area (Å²) in [6, 6.07) is 20.3. The highest BCUT2D eigenvalue weighted by molar-refractivity contribution is 5.83. The van der Waals surface area contributed by atoms with Crippen LogP contribution in [0.25, 0.3) is 22.2 Å². The number of hydrogen-bond donors (Lipinski definition) is 1. The van der Waals surface area contributed by atoms with Crippen LogP contribution in [0.1, 0.15) is 24.4 Å². The molecule has 2 aromatic heterocycles. The number of benzene rings is 2. The number of hydrogen-bond acceptors (Lipinski definition) is 5. The molecule has 1 unspecified atom stereocenters. The van der Waals surface area contributed by atoms with Crippen molar-refractivity contribution in [3.63, 3.8) is 0 Å². The molecule has 0 saturated heterocycles.